The molecule has 5 nitrogen and oxygen atoms in total. The minimum Gasteiger partial charge on any atom is -0.496 e. The molecule has 2 aromatic carbocycles. The summed E-state index contributed by atoms with van der Waals surface area (Å²) in [7, 11) is -2.13. The van der Waals surface area contributed by atoms with E-state index in [9.17, 15) is 8.42 Å². The van der Waals surface area contributed by atoms with Gasteiger partial charge in [-0.05, 0) is 48.7 Å². The average Bonchev–Trinajstić information content (AvgIpc) is 2.98. The SMILES string of the molecule is COc1cc(C)c(S(=O)(=O)Nc2cccc3c2OCC3)cc1C. The second-order valence-electron chi connectivity index (χ2n) is 5.59. The minimum atomic E-state index is -3.70. The maximum absolute atomic E-state index is 12.8. The highest BCUT2D eigenvalue weighted by Gasteiger charge is 2.23. The summed E-state index contributed by atoms with van der Waals surface area (Å²) >= 11 is 0. The van der Waals surface area contributed by atoms with Gasteiger partial charge in [-0.3, -0.25) is 4.72 Å². The van der Waals surface area contributed by atoms with E-state index in [1.54, 1.807) is 32.2 Å². The van der Waals surface area contributed by atoms with Crippen molar-refractivity contribution >= 4 is 15.7 Å². The van der Waals surface area contributed by atoms with Gasteiger partial charge in [-0.15, -0.1) is 0 Å². The molecule has 2 aromatic rings. The Morgan fingerprint density at radius 1 is 1.17 bits per heavy atom. The van der Waals surface area contributed by atoms with Crippen LogP contribution < -0.4 is 14.2 Å². The van der Waals surface area contributed by atoms with E-state index < -0.39 is 10.0 Å². The lowest BCUT2D eigenvalue weighted by atomic mass is 10.1. The molecule has 0 fully saturated rings. The largest absolute Gasteiger partial charge is 0.496 e. The molecule has 23 heavy (non-hydrogen) atoms. The standard InChI is InChI=1S/C17H19NO4S/c1-11-10-16(12(2)9-15(11)21-3)23(19,20)18-14-6-4-5-13-7-8-22-17(13)14/h4-6,9-10,18H,7-8H2,1-3H3. The highest BCUT2D eigenvalue weighted by Crippen LogP contribution is 2.35. The monoisotopic (exact) mass is 333 g/mol. The van der Waals surface area contributed by atoms with Gasteiger partial charge in [0.2, 0.25) is 0 Å². The Morgan fingerprint density at radius 3 is 2.70 bits per heavy atom. The Hall–Kier alpha value is -2.21. The molecule has 0 atom stereocenters. The molecule has 0 spiro atoms. The summed E-state index contributed by atoms with van der Waals surface area (Å²) in [6, 6.07) is 8.85. The second kappa shape index (κ2) is 5.77. The first kappa shape index (κ1) is 15.7. The summed E-state index contributed by atoms with van der Waals surface area (Å²) < 4.78 is 39.0. The van der Waals surface area contributed by atoms with Gasteiger partial charge in [-0.25, -0.2) is 8.42 Å². The lowest BCUT2D eigenvalue weighted by Gasteiger charge is -2.15. The van der Waals surface area contributed by atoms with Crippen LogP contribution in [0.3, 0.4) is 0 Å². The summed E-state index contributed by atoms with van der Waals surface area (Å²) in [5.41, 5.74) is 2.90. The van der Waals surface area contributed by atoms with Gasteiger partial charge in [0, 0.05) is 6.42 Å². The third kappa shape index (κ3) is 2.86. The normalized spacial score (nSPS) is 13.3. The van der Waals surface area contributed by atoms with Crippen LogP contribution in [-0.4, -0.2) is 22.1 Å². The van der Waals surface area contributed by atoms with Crippen molar-refractivity contribution in [3.05, 3.63) is 47.0 Å². The van der Waals surface area contributed by atoms with Crippen LogP contribution in [0.25, 0.3) is 0 Å². The molecule has 1 aliphatic rings. The number of methoxy groups -OCH3 is 1. The van der Waals surface area contributed by atoms with Gasteiger partial charge >= 0.3 is 0 Å². The predicted octanol–water partition coefficient (Wildman–Crippen LogP) is 3.05. The van der Waals surface area contributed by atoms with Gasteiger partial charge in [0.1, 0.15) is 11.5 Å². The highest BCUT2D eigenvalue weighted by atomic mass is 32.2. The maximum Gasteiger partial charge on any atom is 0.262 e. The number of rotatable bonds is 4. The maximum atomic E-state index is 12.8. The molecule has 0 saturated carbocycles. The molecule has 1 N–H and O–H groups in total. The number of hydrogen-bond donors (Lipinski definition) is 1. The van der Waals surface area contributed by atoms with E-state index in [0.29, 0.717) is 29.4 Å². The van der Waals surface area contributed by atoms with Gasteiger partial charge in [-0.2, -0.15) is 0 Å². The first-order valence-electron chi connectivity index (χ1n) is 7.35. The topological polar surface area (TPSA) is 64.6 Å². The molecule has 0 radical (unpaired) electrons. The van der Waals surface area contributed by atoms with E-state index in [4.69, 9.17) is 9.47 Å². The molecule has 0 bridgehead atoms. The van der Waals surface area contributed by atoms with E-state index in [2.05, 4.69) is 4.72 Å². The molecular formula is C17H19NO4S. The number of anilines is 1. The Labute approximate surface area is 136 Å². The number of nitrogens with one attached hydrogen (secondary N) is 1. The Bertz CT molecular complexity index is 859. The van der Waals surface area contributed by atoms with E-state index >= 15 is 0 Å². The fraction of sp³-hybridized carbons (Fsp3) is 0.294. The molecule has 122 valence electrons. The lowest BCUT2D eigenvalue weighted by Crippen LogP contribution is -2.15. The smallest absolute Gasteiger partial charge is 0.262 e. The van der Waals surface area contributed by atoms with Crippen molar-refractivity contribution < 1.29 is 17.9 Å². The van der Waals surface area contributed by atoms with Crippen LogP contribution in [0.4, 0.5) is 5.69 Å². The fourth-order valence-electron chi connectivity index (χ4n) is 2.77. The van der Waals surface area contributed by atoms with Crippen LogP contribution in [0.5, 0.6) is 11.5 Å². The molecular weight excluding hydrogens is 314 g/mol. The summed E-state index contributed by atoms with van der Waals surface area (Å²) in [6.07, 6.45) is 0.797. The molecule has 0 amide bonds. The number of aryl methyl sites for hydroxylation is 2. The number of sulfonamides is 1. The molecule has 0 aliphatic carbocycles. The van der Waals surface area contributed by atoms with Crippen molar-refractivity contribution in [3.8, 4) is 11.5 Å². The van der Waals surface area contributed by atoms with Crippen molar-refractivity contribution in [2.24, 2.45) is 0 Å². The fourth-order valence-corrected chi connectivity index (χ4v) is 4.14. The summed E-state index contributed by atoms with van der Waals surface area (Å²) in [6.45, 7) is 4.15. The molecule has 0 unspecified atom stereocenters. The van der Waals surface area contributed by atoms with E-state index in [1.807, 2.05) is 19.1 Å². The number of ether oxygens (including phenoxy) is 2. The van der Waals surface area contributed by atoms with Crippen molar-refractivity contribution in [3.63, 3.8) is 0 Å². The number of fused-ring (bicyclic) bond motifs is 1. The minimum absolute atomic E-state index is 0.242. The van der Waals surface area contributed by atoms with Gasteiger partial charge in [-0.1, -0.05) is 12.1 Å². The molecule has 0 aromatic heterocycles. The van der Waals surface area contributed by atoms with Gasteiger partial charge in [0.05, 0.1) is 24.3 Å². The number of para-hydroxylation sites is 1. The first-order chi connectivity index (χ1) is 10.9. The Morgan fingerprint density at radius 2 is 1.96 bits per heavy atom. The van der Waals surface area contributed by atoms with Crippen LogP contribution in [0, 0.1) is 13.8 Å². The van der Waals surface area contributed by atoms with Crippen LogP contribution in [0.15, 0.2) is 35.2 Å². The number of hydrogen-bond acceptors (Lipinski definition) is 4. The molecule has 3 rings (SSSR count). The molecule has 0 saturated heterocycles. The van der Waals surface area contributed by atoms with Crippen LogP contribution in [-0.2, 0) is 16.4 Å². The summed E-state index contributed by atoms with van der Waals surface area (Å²) in [5, 5.41) is 0. The first-order valence-corrected chi connectivity index (χ1v) is 8.83. The quantitative estimate of drug-likeness (QED) is 0.934. The summed E-state index contributed by atoms with van der Waals surface area (Å²) in [4.78, 5) is 0.242. The molecule has 6 heteroatoms. The zero-order valence-electron chi connectivity index (χ0n) is 13.3. The predicted molar refractivity (Wildman–Crippen MR) is 88.9 cm³/mol. The third-order valence-electron chi connectivity index (χ3n) is 3.94. The van der Waals surface area contributed by atoms with Crippen LogP contribution in [0.1, 0.15) is 16.7 Å². The lowest BCUT2D eigenvalue weighted by molar-refractivity contribution is 0.358. The molecule has 1 aliphatic heterocycles. The van der Waals surface area contributed by atoms with Crippen molar-refractivity contribution in [2.45, 2.75) is 25.2 Å². The van der Waals surface area contributed by atoms with Gasteiger partial charge < -0.3 is 9.47 Å². The van der Waals surface area contributed by atoms with E-state index in [0.717, 1.165) is 17.5 Å². The Kier molecular flexibility index (Phi) is 3.93. The third-order valence-corrected chi connectivity index (χ3v) is 5.45. The zero-order chi connectivity index (χ0) is 16.6. The Balaban J connectivity index is 2.00. The van der Waals surface area contributed by atoms with Gasteiger partial charge in [0.25, 0.3) is 10.0 Å². The van der Waals surface area contributed by atoms with Crippen molar-refractivity contribution in [1.29, 1.82) is 0 Å². The van der Waals surface area contributed by atoms with Crippen molar-refractivity contribution in [1.82, 2.24) is 0 Å². The summed E-state index contributed by atoms with van der Waals surface area (Å²) in [5.74, 6) is 1.30. The van der Waals surface area contributed by atoms with Crippen LogP contribution >= 0.6 is 0 Å². The average molecular weight is 333 g/mol. The zero-order valence-corrected chi connectivity index (χ0v) is 14.2. The van der Waals surface area contributed by atoms with Gasteiger partial charge in [0.15, 0.2) is 0 Å². The second-order valence-corrected chi connectivity index (χ2v) is 7.24. The van der Waals surface area contributed by atoms with Crippen molar-refractivity contribution in [2.75, 3.05) is 18.4 Å². The highest BCUT2D eigenvalue weighted by molar-refractivity contribution is 7.92. The van der Waals surface area contributed by atoms with E-state index in [1.165, 1.54) is 0 Å². The molecule has 1 heterocycles. The number of benzene rings is 2. The van der Waals surface area contributed by atoms with Crippen LogP contribution in [0.2, 0.25) is 0 Å². The van der Waals surface area contributed by atoms with E-state index in [-0.39, 0.29) is 4.90 Å².